The van der Waals surface area contributed by atoms with E-state index < -0.39 is 11.9 Å². The Labute approximate surface area is 254 Å². The number of aromatic carboxylic acids is 1. The monoisotopic (exact) mass is 593 g/mol. The molecule has 2 atom stereocenters. The number of aromatic nitrogens is 3. The van der Waals surface area contributed by atoms with E-state index in [4.69, 9.17) is 9.84 Å². The predicted octanol–water partition coefficient (Wildman–Crippen LogP) is 4.62. The van der Waals surface area contributed by atoms with Crippen molar-refractivity contribution in [2.45, 2.75) is 96.7 Å². The molecule has 2 unspecified atom stereocenters. The zero-order valence-electron chi connectivity index (χ0n) is 25.9. The van der Waals surface area contributed by atoms with E-state index in [0.29, 0.717) is 24.8 Å². The summed E-state index contributed by atoms with van der Waals surface area (Å²) in [5.41, 5.74) is 2.70. The van der Waals surface area contributed by atoms with Gasteiger partial charge in [-0.1, -0.05) is 19.9 Å². The number of ether oxygens (including phenoxy) is 1. The Morgan fingerprint density at radius 2 is 1.77 bits per heavy atom. The fourth-order valence-corrected chi connectivity index (χ4v) is 10.4. The standard InChI is InChI=1S/C33H47N5O5/c1-23-26(25-5-4-9-35-28(25)29(41)42)15-36-38(23)22-32-17-30(2)16-31(3,18-32)20-33(19-30,21-32)43-14-13-37(12-8-27(39)40)24-6-10-34-11-7-24/h4-5,9,15,24,34H,6-8,10-14,16-22H2,1-3H3,(H,39,40)(H,41,42). The van der Waals surface area contributed by atoms with E-state index >= 15 is 0 Å². The van der Waals surface area contributed by atoms with Crippen LogP contribution in [0.1, 0.15) is 87.8 Å². The Morgan fingerprint density at radius 3 is 2.44 bits per heavy atom. The second-order valence-corrected chi connectivity index (χ2v) is 14.9. The average Bonchev–Trinajstić information content (AvgIpc) is 3.27. The highest BCUT2D eigenvalue weighted by atomic mass is 16.5. The number of hydrogen-bond donors (Lipinski definition) is 3. The van der Waals surface area contributed by atoms with E-state index in [1.54, 1.807) is 12.3 Å². The molecule has 0 radical (unpaired) electrons. The normalized spacial score (nSPS) is 32.0. The van der Waals surface area contributed by atoms with Gasteiger partial charge in [-0.25, -0.2) is 9.78 Å². The summed E-state index contributed by atoms with van der Waals surface area (Å²) in [6, 6.07) is 3.98. The maximum absolute atomic E-state index is 11.9. The Hall–Kier alpha value is -2.82. The lowest BCUT2D eigenvalue weighted by Gasteiger charge is -2.69. The summed E-state index contributed by atoms with van der Waals surface area (Å²) < 4.78 is 9.09. The summed E-state index contributed by atoms with van der Waals surface area (Å²) in [6.07, 6.45) is 12.2. The first-order valence-corrected chi connectivity index (χ1v) is 15.9. The highest BCUT2D eigenvalue weighted by Crippen LogP contribution is 2.72. The molecule has 4 saturated carbocycles. The second-order valence-electron chi connectivity index (χ2n) is 14.9. The Balaban J connectivity index is 1.21. The van der Waals surface area contributed by atoms with Crippen LogP contribution in [0.3, 0.4) is 0 Å². The minimum Gasteiger partial charge on any atom is -0.481 e. The first-order chi connectivity index (χ1) is 20.4. The van der Waals surface area contributed by atoms with Gasteiger partial charge in [-0.05, 0) is 93.7 Å². The Morgan fingerprint density at radius 1 is 1.05 bits per heavy atom. The molecule has 4 bridgehead atoms. The molecule has 234 valence electrons. The summed E-state index contributed by atoms with van der Waals surface area (Å²) in [5, 5.41) is 27.3. The summed E-state index contributed by atoms with van der Waals surface area (Å²) in [7, 11) is 0. The molecular formula is C33H47N5O5. The summed E-state index contributed by atoms with van der Waals surface area (Å²) >= 11 is 0. The number of carbonyl (C=O) groups is 2. The van der Waals surface area contributed by atoms with E-state index in [1.807, 2.05) is 13.0 Å². The number of carboxylic acids is 2. The fourth-order valence-electron chi connectivity index (χ4n) is 10.4. The molecule has 0 aromatic carbocycles. The highest BCUT2D eigenvalue weighted by Gasteiger charge is 2.66. The minimum atomic E-state index is -1.04. The molecule has 2 aromatic heterocycles. The molecule has 3 N–H and O–H groups in total. The van der Waals surface area contributed by atoms with Gasteiger partial charge in [0.1, 0.15) is 0 Å². The zero-order chi connectivity index (χ0) is 30.5. The summed E-state index contributed by atoms with van der Waals surface area (Å²) in [5.74, 6) is -1.78. The van der Waals surface area contributed by atoms with E-state index in [0.717, 1.165) is 82.4 Å². The van der Waals surface area contributed by atoms with Gasteiger partial charge < -0.3 is 20.3 Å². The minimum absolute atomic E-state index is 0.0502. The third-order valence-electron chi connectivity index (χ3n) is 10.8. The van der Waals surface area contributed by atoms with Gasteiger partial charge in [0.15, 0.2) is 5.69 Å². The van der Waals surface area contributed by atoms with E-state index in [1.165, 1.54) is 12.6 Å². The van der Waals surface area contributed by atoms with Crippen molar-refractivity contribution in [3.8, 4) is 11.1 Å². The summed E-state index contributed by atoms with van der Waals surface area (Å²) in [6.45, 7) is 11.6. The average molecular weight is 594 g/mol. The van der Waals surface area contributed by atoms with Crippen LogP contribution in [0.25, 0.3) is 11.1 Å². The lowest BCUT2D eigenvalue weighted by molar-refractivity contribution is -0.249. The number of nitrogens with zero attached hydrogens (tertiary/aromatic N) is 4. The van der Waals surface area contributed by atoms with Crippen LogP contribution in [-0.2, 0) is 16.1 Å². The molecule has 4 aliphatic carbocycles. The van der Waals surface area contributed by atoms with Crippen molar-refractivity contribution < 1.29 is 24.5 Å². The molecule has 5 aliphatic rings. The lowest BCUT2D eigenvalue weighted by atomic mass is 9.39. The second kappa shape index (κ2) is 11.3. The molecule has 10 heteroatoms. The van der Waals surface area contributed by atoms with Crippen LogP contribution in [0, 0.1) is 23.2 Å². The van der Waals surface area contributed by atoms with Gasteiger partial charge in [-0.2, -0.15) is 5.10 Å². The smallest absolute Gasteiger partial charge is 0.355 e. The molecule has 10 nitrogen and oxygen atoms in total. The molecule has 43 heavy (non-hydrogen) atoms. The van der Waals surface area contributed by atoms with Crippen molar-refractivity contribution in [2.75, 3.05) is 32.8 Å². The molecule has 2 aromatic rings. The largest absolute Gasteiger partial charge is 0.481 e. The third kappa shape index (κ3) is 6.11. The number of pyridine rings is 1. The van der Waals surface area contributed by atoms with Gasteiger partial charge >= 0.3 is 11.9 Å². The molecule has 5 fully saturated rings. The maximum atomic E-state index is 11.9. The Kier molecular flexibility index (Phi) is 7.92. The van der Waals surface area contributed by atoms with Crippen molar-refractivity contribution in [1.29, 1.82) is 0 Å². The van der Waals surface area contributed by atoms with Crippen molar-refractivity contribution in [3.05, 3.63) is 35.9 Å². The topological polar surface area (TPSA) is 130 Å². The fraction of sp³-hybridized carbons (Fsp3) is 0.697. The van der Waals surface area contributed by atoms with Gasteiger partial charge in [0.05, 0.1) is 24.8 Å². The molecule has 0 amide bonds. The quantitative estimate of drug-likeness (QED) is 0.323. The maximum Gasteiger partial charge on any atom is 0.355 e. The predicted molar refractivity (Wildman–Crippen MR) is 162 cm³/mol. The van der Waals surface area contributed by atoms with Crippen LogP contribution < -0.4 is 5.32 Å². The van der Waals surface area contributed by atoms with Crippen LogP contribution in [0.4, 0.5) is 0 Å². The van der Waals surface area contributed by atoms with Crippen molar-refractivity contribution in [2.24, 2.45) is 16.2 Å². The van der Waals surface area contributed by atoms with E-state index in [9.17, 15) is 19.8 Å². The van der Waals surface area contributed by atoms with Gasteiger partial charge in [0.25, 0.3) is 0 Å². The first-order valence-electron chi connectivity index (χ1n) is 15.9. The number of hydrogen-bond acceptors (Lipinski definition) is 7. The van der Waals surface area contributed by atoms with Gasteiger partial charge in [0.2, 0.25) is 0 Å². The van der Waals surface area contributed by atoms with Gasteiger partial charge in [-0.15, -0.1) is 0 Å². The third-order valence-corrected chi connectivity index (χ3v) is 10.8. The van der Waals surface area contributed by atoms with Crippen molar-refractivity contribution >= 4 is 11.9 Å². The zero-order valence-corrected chi connectivity index (χ0v) is 25.9. The SMILES string of the molecule is Cc1c(-c2cccnc2C(=O)O)cnn1CC12CC3(C)CC(C)(C1)CC(OCCN(CCC(=O)O)C1CCNCC1)(C3)C2. The van der Waals surface area contributed by atoms with Crippen molar-refractivity contribution in [3.63, 3.8) is 0 Å². The van der Waals surface area contributed by atoms with Gasteiger partial charge in [0, 0.05) is 48.7 Å². The Bertz CT molecular complexity index is 1350. The van der Waals surface area contributed by atoms with E-state index in [2.05, 4.69) is 33.7 Å². The number of carboxylic acid groups (broad SMARTS) is 2. The van der Waals surface area contributed by atoms with E-state index in [-0.39, 0.29) is 34.0 Å². The molecule has 0 spiro atoms. The first kappa shape index (κ1) is 30.2. The molecule has 1 aliphatic heterocycles. The lowest BCUT2D eigenvalue weighted by Crippen LogP contribution is -2.64. The van der Waals surface area contributed by atoms with Crippen LogP contribution in [0.5, 0.6) is 0 Å². The number of rotatable bonds is 12. The molecular weight excluding hydrogens is 546 g/mol. The molecule has 7 rings (SSSR count). The van der Waals surface area contributed by atoms with Crippen LogP contribution in [0.15, 0.2) is 24.5 Å². The van der Waals surface area contributed by atoms with Crippen LogP contribution in [-0.4, -0.2) is 86.2 Å². The van der Waals surface area contributed by atoms with Crippen LogP contribution in [0.2, 0.25) is 0 Å². The number of nitrogens with one attached hydrogen (secondary N) is 1. The van der Waals surface area contributed by atoms with Crippen LogP contribution >= 0.6 is 0 Å². The molecule has 1 saturated heterocycles. The summed E-state index contributed by atoms with van der Waals surface area (Å²) in [4.78, 5) is 29.7. The number of aliphatic carboxylic acids is 1. The highest BCUT2D eigenvalue weighted by molar-refractivity contribution is 5.94. The number of piperidine rings is 1. The van der Waals surface area contributed by atoms with Crippen molar-refractivity contribution in [1.82, 2.24) is 25.0 Å². The van der Waals surface area contributed by atoms with Gasteiger partial charge in [-0.3, -0.25) is 14.4 Å². The molecule has 3 heterocycles.